The largest absolute Gasteiger partial charge is 0.392 e. The van der Waals surface area contributed by atoms with Crippen molar-refractivity contribution in [2.45, 2.75) is 13.2 Å². The highest BCUT2D eigenvalue weighted by atomic mass is 35.5. The Morgan fingerprint density at radius 3 is 2.61 bits per heavy atom. The number of aliphatic hydroxyl groups excluding tert-OH is 1. The smallest absolute Gasteiger partial charge is 0.270 e. The van der Waals surface area contributed by atoms with E-state index in [1.165, 1.54) is 0 Å². The molecule has 1 heterocycles. The van der Waals surface area contributed by atoms with Gasteiger partial charge in [0, 0.05) is 17.0 Å². The molecular weight excluding hydrogens is 312 g/mol. The Labute approximate surface area is 138 Å². The van der Waals surface area contributed by atoms with Crippen molar-refractivity contribution in [2.24, 2.45) is 0 Å². The third-order valence-electron chi connectivity index (χ3n) is 3.61. The monoisotopic (exact) mass is 326 g/mol. The summed E-state index contributed by atoms with van der Waals surface area (Å²) in [7, 11) is 0. The van der Waals surface area contributed by atoms with Gasteiger partial charge in [0.15, 0.2) is 0 Å². The molecule has 0 bridgehead atoms. The molecule has 0 aliphatic heterocycles. The minimum Gasteiger partial charge on any atom is -0.392 e. The maximum atomic E-state index is 12.3. The molecule has 2 aromatic carbocycles. The fourth-order valence-corrected chi connectivity index (χ4v) is 2.53. The molecule has 5 heteroatoms. The molecule has 1 amide bonds. The van der Waals surface area contributed by atoms with Crippen molar-refractivity contribution >= 4 is 28.4 Å². The zero-order chi connectivity index (χ0) is 16.2. The second-order valence-electron chi connectivity index (χ2n) is 5.14. The summed E-state index contributed by atoms with van der Waals surface area (Å²) in [4.78, 5) is 16.6. The van der Waals surface area contributed by atoms with Crippen LogP contribution in [0.2, 0.25) is 5.02 Å². The Hall–Kier alpha value is -2.43. The molecule has 0 saturated carbocycles. The quantitative estimate of drug-likeness (QED) is 0.773. The number of rotatable bonds is 4. The van der Waals surface area contributed by atoms with Gasteiger partial charge in [0.25, 0.3) is 5.91 Å². The van der Waals surface area contributed by atoms with Gasteiger partial charge in [-0.1, -0.05) is 48.0 Å². The number of aromatic nitrogens is 1. The van der Waals surface area contributed by atoms with Gasteiger partial charge in [0.1, 0.15) is 5.69 Å². The van der Waals surface area contributed by atoms with Crippen LogP contribution in [0, 0.1) is 0 Å². The Kier molecular flexibility index (Phi) is 4.55. The molecular formula is C18H15ClN2O2. The zero-order valence-corrected chi connectivity index (χ0v) is 13.0. The number of nitrogens with zero attached hydrogens (tertiary/aromatic N) is 1. The molecule has 0 fully saturated rings. The van der Waals surface area contributed by atoms with Gasteiger partial charge in [-0.05, 0) is 29.3 Å². The Bertz CT molecular complexity index is 865. The number of benzene rings is 2. The van der Waals surface area contributed by atoms with E-state index in [0.29, 0.717) is 22.8 Å². The van der Waals surface area contributed by atoms with E-state index < -0.39 is 0 Å². The van der Waals surface area contributed by atoms with Gasteiger partial charge >= 0.3 is 0 Å². The molecule has 0 radical (unpaired) electrons. The lowest BCUT2D eigenvalue weighted by atomic mass is 10.1. The summed E-state index contributed by atoms with van der Waals surface area (Å²) >= 11 is 5.96. The molecule has 0 aliphatic rings. The van der Waals surface area contributed by atoms with Gasteiger partial charge in [-0.3, -0.25) is 4.79 Å². The fourth-order valence-electron chi connectivity index (χ4n) is 2.37. The molecule has 0 unspecified atom stereocenters. The van der Waals surface area contributed by atoms with Gasteiger partial charge in [-0.2, -0.15) is 0 Å². The first-order chi connectivity index (χ1) is 11.2. The first-order valence-electron chi connectivity index (χ1n) is 7.19. The third-order valence-corrected chi connectivity index (χ3v) is 3.85. The zero-order valence-electron chi connectivity index (χ0n) is 12.3. The van der Waals surface area contributed by atoms with Crippen molar-refractivity contribution in [3.63, 3.8) is 0 Å². The number of carbonyl (C=O) groups is 1. The fraction of sp³-hybridized carbons (Fsp3) is 0.111. The minimum atomic E-state index is -0.264. The average molecular weight is 327 g/mol. The summed E-state index contributed by atoms with van der Waals surface area (Å²) in [5.41, 5.74) is 2.69. The lowest BCUT2D eigenvalue weighted by molar-refractivity contribution is 0.0946. The van der Waals surface area contributed by atoms with Gasteiger partial charge < -0.3 is 10.4 Å². The molecule has 0 aliphatic carbocycles. The minimum absolute atomic E-state index is 0.0568. The van der Waals surface area contributed by atoms with E-state index in [4.69, 9.17) is 11.6 Å². The summed E-state index contributed by atoms with van der Waals surface area (Å²) in [5, 5.41) is 13.6. The number of fused-ring (bicyclic) bond motifs is 1. The standard InChI is InChI=1S/C18H15ClN2O2/c19-15-7-5-12-6-8-16(21-17(12)9-15)18(23)20-10-13-3-1-2-4-14(13)11-22/h1-9,22H,10-11H2,(H,20,23). The Balaban J connectivity index is 1.78. The van der Waals surface area contributed by atoms with Crippen LogP contribution in [0.4, 0.5) is 0 Å². The third kappa shape index (κ3) is 3.50. The number of hydrogen-bond acceptors (Lipinski definition) is 3. The molecule has 3 aromatic rings. The number of pyridine rings is 1. The second-order valence-corrected chi connectivity index (χ2v) is 5.58. The molecule has 4 nitrogen and oxygen atoms in total. The van der Waals surface area contributed by atoms with Crippen molar-refractivity contribution in [2.75, 3.05) is 0 Å². The molecule has 2 N–H and O–H groups in total. The van der Waals surface area contributed by atoms with E-state index in [2.05, 4.69) is 10.3 Å². The summed E-state index contributed by atoms with van der Waals surface area (Å²) in [6.45, 7) is 0.281. The maximum Gasteiger partial charge on any atom is 0.270 e. The van der Waals surface area contributed by atoms with Crippen LogP contribution >= 0.6 is 11.6 Å². The van der Waals surface area contributed by atoms with Crippen LogP contribution < -0.4 is 5.32 Å². The lowest BCUT2D eigenvalue weighted by Crippen LogP contribution is -2.24. The summed E-state index contributed by atoms with van der Waals surface area (Å²) in [6.07, 6.45) is 0. The Morgan fingerprint density at radius 2 is 1.83 bits per heavy atom. The van der Waals surface area contributed by atoms with Gasteiger partial charge in [-0.15, -0.1) is 0 Å². The van der Waals surface area contributed by atoms with E-state index in [9.17, 15) is 9.90 Å². The van der Waals surface area contributed by atoms with Gasteiger partial charge in [0.2, 0.25) is 0 Å². The van der Waals surface area contributed by atoms with Crippen LogP contribution in [0.25, 0.3) is 10.9 Å². The van der Waals surface area contributed by atoms with Crippen molar-refractivity contribution in [1.29, 1.82) is 0 Å². The summed E-state index contributed by atoms with van der Waals surface area (Å²) in [6, 6.07) is 16.3. The predicted molar refractivity (Wildman–Crippen MR) is 90.3 cm³/mol. The second kappa shape index (κ2) is 6.77. The van der Waals surface area contributed by atoms with Crippen LogP contribution in [0.3, 0.4) is 0 Å². The van der Waals surface area contributed by atoms with E-state index in [0.717, 1.165) is 16.5 Å². The van der Waals surface area contributed by atoms with Crippen LogP contribution in [-0.2, 0) is 13.2 Å². The highest BCUT2D eigenvalue weighted by molar-refractivity contribution is 6.31. The Morgan fingerprint density at radius 1 is 1.09 bits per heavy atom. The van der Waals surface area contributed by atoms with E-state index in [1.54, 1.807) is 18.2 Å². The summed E-state index contributed by atoms with van der Waals surface area (Å²) < 4.78 is 0. The molecule has 1 aromatic heterocycles. The predicted octanol–water partition coefficient (Wildman–Crippen LogP) is 3.31. The first-order valence-corrected chi connectivity index (χ1v) is 7.57. The van der Waals surface area contributed by atoms with Gasteiger partial charge in [-0.25, -0.2) is 4.98 Å². The lowest BCUT2D eigenvalue weighted by Gasteiger charge is -2.09. The molecule has 23 heavy (non-hydrogen) atoms. The van der Waals surface area contributed by atoms with Crippen molar-refractivity contribution in [1.82, 2.24) is 10.3 Å². The molecule has 0 saturated heterocycles. The average Bonchev–Trinajstić information content (AvgIpc) is 2.59. The van der Waals surface area contributed by atoms with E-state index >= 15 is 0 Å². The number of halogens is 1. The van der Waals surface area contributed by atoms with Crippen molar-refractivity contribution < 1.29 is 9.90 Å². The number of aliphatic hydroxyl groups is 1. The van der Waals surface area contributed by atoms with Crippen molar-refractivity contribution in [3.8, 4) is 0 Å². The topological polar surface area (TPSA) is 62.2 Å². The molecule has 0 spiro atoms. The number of hydrogen-bond donors (Lipinski definition) is 2. The number of amides is 1. The molecule has 116 valence electrons. The van der Waals surface area contributed by atoms with Crippen molar-refractivity contribution in [3.05, 3.63) is 76.4 Å². The summed E-state index contributed by atoms with van der Waals surface area (Å²) in [5.74, 6) is -0.264. The molecule has 0 atom stereocenters. The van der Waals surface area contributed by atoms with Crippen LogP contribution in [0.1, 0.15) is 21.6 Å². The van der Waals surface area contributed by atoms with Gasteiger partial charge in [0.05, 0.1) is 12.1 Å². The molecule has 3 rings (SSSR count). The first kappa shape index (κ1) is 15.5. The highest BCUT2D eigenvalue weighted by Gasteiger charge is 2.09. The van der Waals surface area contributed by atoms with E-state index in [1.807, 2.05) is 36.4 Å². The van der Waals surface area contributed by atoms with Crippen LogP contribution in [0.15, 0.2) is 54.6 Å². The number of nitrogens with one attached hydrogen (secondary N) is 1. The maximum absolute atomic E-state index is 12.3. The van der Waals surface area contributed by atoms with Crippen LogP contribution in [0.5, 0.6) is 0 Å². The SMILES string of the molecule is O=C(NCc1ccccc1CO)c1ccc2ccc(Cl)cc2n1. The number of carbonyl (C=O) groups excluding carboxylic acids is 1. The van der Waals surface area contributed by atoms with Crippen LogP contribution in [-0.4, -0.2) is 16.0 Å². The van der Waals surface area contributed by atoms with E-state index in [-0.39, 0.29) is 12.5 Å². The normalized spacial score (nSPS) is 10.7. The highest BCUT2D eigenvalue weighted by Crippen LogP contribution is 2.18.